The van der Waals surface area contributed by atoms with Gasteiger partial charge in [0, 0.05) is 31.0 Å². The van der Waals surface area contributed by atoms with Gasteiger partial charge in [-0.05, 0) is 19.4 Å². The zero-order chi connectivity index (χ0) is 20.5. The molecule has 1 aliphatic heterocycles. The Balaban J connectivity index is 1.68. The van der Waals surface area contributed by atoms with Gasteiger partial charge < -0.3 is 14.2 Å². The second-order valence-electron chi connectivity index (χ2n) is 7.40. The first-order valence-electron chi connectivity index (χ1n) is 10.1. The molecule has 1 atom stereocenters. The van der Waals surface area contributed by atoms with Crippen LogP contribution in [0.1, 0.15) is 24.4 Å². The number of anilines is 1. The van der Waals surface area contributed by atoms with Gasteiger partial charge >= 0.3 is 0 Å². The number of imidazole rings is 1. The van der Waals surface area contributed by atoms with Gasteiger partial charge in [-0.2, -0.15) is 4.98 Å². The molecule has 1 fully saturated rings. The maximum absolute atomic E-state index is 5.51. The predicted octanol–water partition coefficient (Wildman–Crippen LogP) is 3.04. The first-order chi connectivity index (χ1) is 14.7. The van der Waals surface area contributed by atoms with Crippen molar-refractivity contribution in [1.82, 2.24) is 29.5 Å². The van der Waals surface area contributed by atoms with Gasteiger partial charge in [-0.3, -0.25) is 0 Å². The van der Waals surface area contributed by atoms with Crippen molar-refractivity contribution in [1.29, 1.82) is 0 Å². The minimum absolute atomic E-state index is 0.0887. The van der Waals surface area contributed by atoms with Crippen molar-refractivity contribution < 1.29 is 4.74 Å². The number of rotatable bonds is 4. The Labute approximate surface area is 174 Å². The lowest BCUT2D eigenvalue weighted by molar-refractivity contribution is 0.122. The van der Waals surface area contributed by atoms with Crippen LogP contribution < -0.4 is 4.90 Å². The number of hydrogen-bond acceptors (Lipinski definition) is 7. The monoisotopic (exact) mass is 401 g/mol. The van der Waals surface area contributed by atoms with Crippen LogP contribution >= 0.6 is 0 Å². The molecular formula is C22H23N7O. The number of nitrogens with zero attached hydrogens (tertiary/aromatic N) is 7. The van der Waals surface area contributed by atoms with Gasteiger partial charge in [0.1, 0.15) is 17.0 Å². The largest absolute Gasteiger partial charge is 0.378 e. The van der Waals surface area contributed by atoms with E-state index in [9.17, 15) is 0 Å². The molecule has 1 aliphatic rings. The van der Waals surface area contributed by atoms with Crippen LogP contribution in [0.2, 0.25) is 0 Å². The number of aromatic nitrogens is 6. The van der Waals surface area contributed by atoms with E-state index in [4.69, 9.17) is 14.7 Å². The van der Waals surface area contributed by atoms with Crippen molar-refractivity contribution in [2.24, 2.45) is 0 Å². The highest BCUT2D eigenvalue weighted by molar-refractivity contribution is 5.88. The Kier molecular flexibility index (Phi) is 4.84. The average Bonchev–Trinajstić information content (AvgIpc) is 3.24. The zero-order valence-corrected chi connectivity index (χ0v) is 17.1. The lowest BCUT2D eigenvalue weighted by Gasteiger charge is -2.27. The Morgan fingerprint density at radius 1 is 0.967 bits per heavy atom. The van der Waals surface area contributed by atoms with Gasteiger partial charge in [0.05, 0.1) is 25.6 Å². The van der Waals surface area contributed by atoms with Crippen LogP contribution in [0.15, 0.2) is 49.1 Å². The molecule has 0 bridgehead atoms. The number of fused-ring (bicyclic) bond motifs is 1. The highest BCUT2D eigenvalue weighted by Crippen LogP contribution is 2.30. The van der Waals surface area contributed by atoms with Gasteiger partial charge in [0.15, 0.2) is 5.65 Å². The molecule has 0 amide bonds. The maximum Gasteiger partial charge on any atom is 0.228 e. The molecule has 4 aromatic rings. The third-order valence-electron chi connectivity index (χ3n) is 5.46. The smallest absolute Gasteiger partial charge is 0.228 e. The summed E-state index contributed by atoms with van der Waals surface area (Å²) in [5, 5.41) is 0. The molecule has 0 spiro atoms. The highest BCUT2D eigenvalue weighted by atomic mass is 16.5. The van der Waals surface area contributed by atoms with Gasteiger partial charge in [-0.25, -0.2) is 19.9 Å². The summed E-state index contributed by atoms with van der Waals surface area (Å²) in [6, 6.07) is 10.5. The number of morpholine rings is 1. The van der Waals surface area contributed by atoms with E-state index in [1.165, 1.54) is 5.56 Å². The summed E-state index contributed by atoms with van der Waals surface area (Å²) in [6.45, 7) is 6.89. The molecule has 0 radical (unpaired) electrons. The van der Waals surface area contributed by atoms with Crippen molar-refractivity contribution in [2.45, 2.75) is 19.9 Å². The summed E-state index contributed by atoms with van der Waals surface area (Å²) in [5.41, 5.74) is 4.34. The maximum atomic E-state index is 5.51. The van der Waals surface area contributed by atoms with E-state index in [2.05, 4.69) is 43.5 Å². The number of ether oxygens (including phenoxy) is 1. The summed E-state index contributed by atoms with van der Waals surface area (Å²) in [7, 11) is 0. The number of benzene rings is 1. The van der Waals surface area contributed by atoms with E-state index in [1.807, 2.05) is 31.5 Å². The fourth-order valence-corrected chi connectivity index (χ4v) is 3.70. The van der Waals surface area contributed by atoms with Crippen LogP contribution in [0, 0.1) is 6.92 Å². The minimum Gasteiger partial charge on any atom is -0.378 e. The number of aryl methyl sites for hydroxylation is 1. The van der Waals surface area contributed by atoms with Gasteiger partial charge in [-0.15, -0.1) is 0 Å². The third-order valence-corrected chi connectivity index (χ3v) is 5.46. The normalized spacial score (nSPS) is 15.5. The molecule has 5 rings (SSSR count). The molecule has 0 aliphatic carbocycles. The first-order valence-corrected chi connectivity index (χ1v) is 10.1. The Morgan fingerprint density at radius 2 is 1.70 bits per heavy atom. The molecule has 8 heteroatoms. The van der Waals surface area contributed by atoms with E-state index in [0.29, 0.717) is 19.2 Å². The van der Waals surface area contributed by atoms with Gasteiger partial charge in [0.25, 0.3) is 0 Å². The number of hydrogen-bond donors (Lipinski definition) is 0. The molecule has 0 N–H and O–H groups in total. The first kappa shape index (κ1) is 18.6. The Morgan fingerprint density at radius 3 is 2.43 bits per heavy atom. The standard InChI is InChI=1S/C22H23N7O/c1-15(17-6-4-3-5-7-17)29-14-25-20-19(18-12-23-16(2)24-13-18)26-22(27-21(20)29)28-8-10-30-11-9-28/h3-7,12-15H,8-11H2,1-2H3. The Hall–Kier alpha value is -3.39. The molecule has 0 saturated carbocycles. The highest BCUT2D eigenvalue weighted by Gasteiger charge is 2.22. The molecular weight excluding hydrogens is 378 g/mol. The van der Waals surface area contributed by atoms with E-state index in [1.54, 1.807) is 12.4 Å². The third kappa shape index (κ3) is 3.39. The summed E-state index contributed by atoms with van der Waals surface area (Å²) >= 11 is 0. The fourth-order valence-electron chi connectivity index (χ4n) is 3.70. The van der Waals surface area contributed by atoms with Crippen molar-refractivity contribution in [3.63, 3.8) is 0 Å². The van der Waals surface area contributed by atoms with Crippen molar-refractivity contribution in [3.05, 3.63) is 60.4 Å². The summed E-state index contributed by atoms with van der Waals surface area (Å²) in [6.07, 6.45) is 5.44. The van der Waals surface area contributed by atoms with Crippen molar-refractivity contribution >= 4 is 17.1 Å². The van der Waals surface area contributed by atoms with E-state index >= 15 is 0 Å². The molecule has 1 aromatic carbocycles. The van der Waals surface area contributed by atoms with E-state index in [0.717, 1.165) is 41.3 Å². The van der Waals surface area contributed by atoms with Crippen LogP contribution in [-0.4, -0.2) is 55.8 Å². The van der Waals surface area contributed by atoms with Crippen molar-refractivity contribution in [3.8, 4) is 11.3 Å². The topological polar surface area (TPSA) is 81.9 Å². The summed E-state index contributed by atoms with van der Waals surface area (Å²) in [5.74, 6) is 1.41. The second kappa shape index (κ2) is 7.79. The molecule has 30 heavy (non-hydrogen) atoms. The van der Waals surface area contributed by atoms with Gasteiger partial charge in [-0.1, -0.05) is 30.3 Å². The molecule has 1 saturated heterocycles. The van der Waals surface area contributed by atoms with E-state index in [-0.39, 0.29) is 6.04 Å². The Bertz CT molecular complexity index is 1150. The van der Waals surface area contributed by atoms with Crippen LogP contribution in [-0.2, 0) is 4.74 Å². The lowest BCUT2D eigenvalue weighted by atomic mass is 10.1. The molecule has 1 unspecified atom stereocenters. The van der Waals surface area contributed by atoms with Crippen LogP contribution in [0.25, 0.3) is 22.4 Å². The minimum atomic E-state index is 0.0887. The summed E-state index contributed by atoms with van der Waals surface area (Å²) in [4.78, 5) is 25.4. The lowest BCUT2D eigenvalue weighted by Crippen LogP contribution is -2.37. The van der Waals surface area contributed by atoms with Crippen LogP contribution in [0.4, 0.5) is 5.95 Å². The zero-order valence-electron chi connectivity index (χ0n) is 17.1. The van der Waals surface area contributed by atoms with Crippen LogP contribution in [0.3, 0.4) is 0 Å². The molecule has 8 nitrogen and oxygen atoms in total. The van der Waals surface area contributed by atoms with Gasteiger partial charge in [0.2, 0.25) is 5.95 Å². The molecule has 152 valence electrons. The summed E-state index contributed by atoms with van der Waals surface area (Å²) < 4.78 is 7.61. The average molecular weight is 401 g/mol. The SMILES string of the molecule is Cc1ncc(-c2nc(N3CCOCC3)nc3c2ncn3C(C)c2ccccc2)cn1. The predicted molar refractivity (Wildman–Crippen MR) is 114 cm³/mol. The second-order valence-corrected chi connectivity index (χ2v) is 7.40. The van der Waals surface area contributed by atoms with Crippen molar-refractivity contribution in [2.75, 3.05) is 31.2 Å². The fraction of sp³-hybridized carbons (Fsp3) is 0.318. The van der Waals surface area contributed by atoms with E-state index < -0.39 is 0 Å². The molecule has 4 heterocycles. The molecule has 3 aromatic heterocycles. The quantitative estimate of drug-likeness (QED) is 0.520. The van der Waals surface area contributed by atoms with Crippen LogP contribution in [0.5, 0.6) is 0 Å².